The van der Waals surface area contributed by atoms with Crippen molar-refractivity contribution in [3.63, 3.8) is 0 Å². The Hall–Kier alpha value is -1.58. The summed E-state index contributed by atoms with van der Waals surface area (Å²) in [7, 11) is 0. The molecule has 1 fully saturated rings. The molecular formula is C13H18N2O2. The number of aromatic nitrogens is 1. The summed E-state index contributed by atoms with van der Waals surface area (Å²) < 4.78 is 5.36. The number of pyridine rings is 1. The maximum atomic E-state index is 11.7. The summed E-state index contributed by atoms with van der Waals surface area (Å²) in [5.74, 6) is 0.577. The van der Waals surface area contributed by atoms with E-state index in [1.54, 1.807) is 6.20 Å². The summed E-state index contributed by atoms with van der Waals surface area (Å²) in [5.41, 5.74) is 0.938. The molecule has 0 aliphatic heterocycles. The molecule has 0 atom stereocenters. The fourth-order valence-corrected chi connectivity index (χ4v) is 2.08. The minimum atomic E-state index is -0.390. The molecule has 1 amide bonds. The standard InChI is InChI=1S/C13H18N2O2/c1-10-6-5-9-14-12(10)15-13(16)17-11-7-3-2-4-8-11/h5-6,9,11H,2-4,7-8H2,1H3,(H,14,15,16). The van der Waals surface area contributed by atoms with Gasteiger partial charge in [0.25, 0.3) is 0 Å². The zero-order chi connectivity index (χ0) is 12.1. The van der Waals surface area contributed by atoms with E-state index in [1.807, 2.05) is 19.1 Å². The first-order valence-electron chi connectivity index (χ1n) is 6.15. The highest BCUT2D eigenvalue weighted by molar-refractivity contribution is 5.84. The lowest BCUT2D eigenvalue weighted by atomic mass is 9.98. The van der Waals surface area contributed by atoms with E-state index in [4.69, 9.17) is 4.74 Å². The fraction of sp³-hybridized carbons (Fsp3) is 0.538. The topological polar surface area (TPSA) is 51.2 Å². The van der Waals surface area contributed by atoms with Gasteiger partial charge in [-0.05, 0) is 44.2 Å². The van der Waals surface area contributed by atoms with E-state index in [-0.39, 0.29) is 6.10 Å². The number of hydrogen-bond acceptors (Lipinski definition) is 3. The average Bonchev–Trinajstić information content (AvgIpc) is 2.33. The van der Waals surface area contributed by atoms with E-state index < -0.39 is 6.09 Å². The lowest BCUT2D eigenvalue weighted by molar-refractivity contribution is 0.0864. The van der Waals surface area contributed by atoms with Gasteiger partial charge in [-0.1, -0.05) is 12.5 Å². The Balaban J connectivity index is 1.86. The molecule has 17 heavy (non-hydrogen) atoms. The van der Waals surface area contributed by atoms with Crippen LogP contribution in [0.4, 0.5) is 10.6 Å². The smallest absolute Gasteiger partial charge is 0.413 e. The molecule has 1 aliphatic rings. The van der Waals surface area contributed by atoms with Crippen molar-refractivity contribution in [3.8, 4) is 0 Å². The van der Waals surface area contributed by atoms with Crippen molar-refractivity contribution >= 4 is 11.9 Å². The molecule has 2 rings (SSSR count). The molecule has 0 spiro atoms. The van der Waals surface area contributed by atoms with Crippen molar-refractivity contribution in [2.45, 2.75) is 45.1 Å². The highest BCUT2D eigenvalue weighted by Gasteiger charge is 2.18. The molecule has 0 bridgehead atoms. The molecule has 92 valence electrons. The second kappa shape index (κ2) is 5.66. The van der Waals surface area contributed by atoms with Gasteiger partial charge in [-0.3, -0.25) is 5.32 Å². The normalized spacial score (nSPS) is 16.5. The molecule has 1 aliphatic carbocycles. The molecule has 0 unspecified atom stereocenters. The third kappa shape index (κ3) is 3.44. The number of carbonyl (C=O) groups is 1. The number of nitrogens with one attached hydrogen (secondary N) is 1. The summed E-state index contributed by atoms with van der Waals surface area (Å²) in [6.45, 7) is 1.91. The molecule has 4 heteroatoms. The largest absolute Gasteiger partial charge is 0.446 e. The third-order valence-electron chi connectivity index (χ3n) is 3.06. The predicted molar refractivity (Wildman–Crippen MR) is 66.0 cm³/mol. The summed E-state index contributed by atoms with van der Waals surface area (Å²) in [5, 5.41) is 2.69. The molecular weight excluding hydrogens is 216 g/mol. The van der Waals surface area contributed by atoms with E-state index >= 15 is 0 Å². The van der Waals surface area contributed by atoms with Crippen LogP contribution in [-0.2, 0) is 4.74 Å². The van der Waals surface area contributed by atoms with Crippen LogP contribution in [0.25, 0.3) is 0 Å². The van der Waals surface area contributed by atoms with Crippen molar-refractivity contribution in [2.24, 2.45) is 0 Å². The molecule has 0 radical (unpaired) electrons. The highest BCUT2D eigenvalue weighted by Crippen LogP contribution is 2.21. The van der Waals surface area contributed by atoms with Gasteiger partial charge in [-0.2, -0.15) is 0 Å². The number of carbonyl (C=O) groups excluding carboxylic acids is 1. The van der Waals surface area contributed by atoms with Crippen LogP contribution >= 0.6 is 0 Å². The minimum Gasteiger partial charge on any atom is -0.446 e. The van der Waals surface area contributed by atoms with Crippen LogP contribution in [-0.4, -0.2) is 17.2 Å². The van der Waals surface area contributed by atoms with Gasteiger partial charge in [0.05, 0.1) is 0 Å². The second-order valence-corrected chi connectivity index (χ2v) is 4.46. The van der Waals surface area contributed by atoms with Crippen molar-refractivity contribution in [3.05, 3.63) is 23.9 Å². The van der Waals surface area contributed by atoms with E-state index in [9.17, 15) is 4.79 Å². The van der Waals surface area contributed by atoms with Gasteiger partial charge in [-0.25, -0.2) is 9.78 Å². The van der Waals surface area contributed by atoms with Crippen LogP contribution in [0.3, 0.4) is 0 Å². The van der Waals surface area contributed by atoms with Crippen molar-refractivity contribution < 1.29 is 9.53 Å². The molecule has 1 aromatic heterocycles. The summed E-state index contributed by atoms with van der Waals surface area (Å²) in [4.78, 5) is 15.8. The van der Waals surface area contributed by atoms with Crippen molar-refractivity contribution in [2.75, 3.05) is 5.32 Å². The van der Waals surface area contributed by atoms with Crippen LogP contribution in [0.5, 0.6) is 0 Å². The lowest BCUT2D eigenvalue weighted by Crippen LogP contribution is -2.24. The summed E-state index contributed by atoms with van der Waals surface area (Å²) >= 11 is 0. The molecule has 1 aromatic rings. The van der Waals surface area contributed by atoms with E-state index in [2.05, 4.69) is 10.3 Å². The second-order valence-electron chi connectivity index (χ2n) is 4.46. The zero-order valence-electron chi connectivity index (χ0n) is 10.1. The van der Waals surface area contributed by atoms with E-state index in [1.165, 1.54) is 6.42 Å². The Labute approximate surface area is 101 Å². The third-order valence-corrected chi connectivity index (χ3v) is 3.06. The van der Waals surface area contributed by atoms with Gasteiger partial charge in [-0.15, -0.1) is 0 Å². The minimum absolute atomic E-state index is 0.0766. The Morgan fingerprint density at radius 3 is 2.88 bits per heavy atom. The number of nitrogens with zero attached hydrogens (tertiary/aromatic N) is 1. The Bertz CT molecular complexity index is 387. The maximum absolute atomic E-state index is 11.7. The van der Waals surface area contributed by atoms with Crippen LogP contribution in [0.15, 0.2) is 18.3 Å². The quantitative estimate of drug-likeness (QED) is 0.854. The predicted octanol–water partition coefficient (Wildman–Crippen LogP) is 3.27. The van der Waals surface area contributed by atoms with Crippen LogP contribution < -0.4 is 5.32 Å². The molecule has 4 nitrogen and oxygen atoms in total. The lowest BCUT2D eigenvalue weighted by Gasteiger charge is -2.21. The van der Waals surface area contributed by atoms with Crippen molar-refractivity contribution in [1.29, 1.82) is 0 Å². The van der Waals surface area contributed by atoms with Crippen molar-refractivity contribution in [1.82, 2.24) is 4.98 Å². The number of hydrogen-bond donors (Lipinski definition) is 1. The van der Waals surface area contributed by atoms with Crippen LogP contribution in [0.2, 0.25) is 0 Å². The maximum Gasteiger partial charge on any atom is 0.413 e. The molecule has 1 heterocycles. The number of amides is 1. The first-order chi connectivity index (χ1) is 8.25. The van der Waals surface area contributed by atoms with Gasteiger partial charge < -0.3 is 4.74 Å². The van der Waals surface area contributed by atoms with Crippen LogP contribution in [0.1, 0.15) is 37.7 Å². The number of anilines is 1. The van der Waals surface area contributed by atoms with Gasteiger partial charge in [0.1, 0.15) is 11.9 Å². The highest BCUT2D eigenvalue weighted by atomic mass is 16.6. The first-order valence-corrected chi connectivity index (χ1v) is 6.15. The Morgan fingerprint density at radius 2 is 2.18 bits per heavy atom. The fourth-order valence-electron chi connectivity index (χ4n) is 2.08. The van der Waals surface area contributed by atoms with Gasteiger partial charge in [0.2, 0.25) is 0 Å². The molecule has 1 saturated carbocycles. The number of ether oxygens (including phenoxy) is 1. The number of aryl methyl sites for hydroxylation is 1. The average molecular weight is 234 g/mol. The van der Waals surface area contributed by atoms with Crippen LogP contribution in [0, 0.1) is 6.92 Å². The first kappa shape index (κ1) is 11.9. The van der Waals surface area contributed by atoms with E-state index in [0.717, 1.165) is 31.2 Å². The Kier molecular flexibility index (Phi) is 3.96. The monoisotopic (exact) mass is 234 g/mol. The zero-order valence-corrected chi connectivity index (χ0v) is 10.1. The molecule has 0 aromatic carbocycles. The van der Waals surface area contributed by atoms with E-state index in [0.29, 0.717) is 5.82 Å². The van der Waals surface area contributed by atoms with Gasteiger partial charge >= 0.3 is 6.09 Å². The summed E-state index contributed by atoms with van der Waals surface area (Å²) in [6.07, 6.45) is 6.86. The van der Waals surface area contributed by atoms with Gasteiger partial charge in [0, 0.05) is 6.20 Å². The molecule has 0 saturated heterocycles. The molecule has 1 N–H and O–H groups in total. The Morgan fingerprint density at radius 1 is 1.41 bits per heavy atom. The summed E-state index contributed by atoms with van der Waals surface area (Å²) in [6, 6.07) is 3.75. The number of rotatable bonds is 2. The SMILES string of the molecule is Cc1cccnc1NC(=O)OC1CCCCC1. The van der Waals surface area contributed by atoms with Gasteiger partial charge in [0.15, 0.2) is 0 Å².